The molecule has 8 heteroatoms. The van der Waals surface area contributed by atoms with E-state index in [4.69, 9.17) is 4.74 Å². The second kappa shape index (κ2) is 5.78. The third-order valence-corrected chi connectivity index (χ3v) is 3.68. The Morgan fingerprint density at radius 3 is 2.64 bits per heavy atom. The molecule has 0 spiro atoms. The summed E-state index contributed by atoms with van der Waals surface area (Å²) in [7, 11) is 0. The highest BCUT2D eigenvalue weighted by Gasteiger charge is 2.45. The molecular weight excluding hydrogens is 290 g/mol. The molecule has 0 saturated carbocycles. The van der Waals surface area contributed by atoms with E-state index in [2.05, 4.69) is 4.98 Å². The van der Waals surface area contributed by atoms with Crippen LogP contribution >= 0.6 is 0 Å². The van der Waals surface area contributed by atoms with Crippen LogP contribution in [0.2, 0.25) is 0 Å². The van der Waals surface area contributed by atoms with Gasteiger partial charge in [-0.15, -0.1) is 0 Å². The van der Waals surface area contributed by atoms with Gasteiger partial charge in [0.25, 0.3) is 5.69 Å². The highest BCUT2D eigenvalue weighted by atomic mass is 16.6. The normalized spacial score (nSPS) is 21.7. The van der Waals surface area contributed by atoms with Gasteiger partial charge in [-0.25, -0.2) is 9.78 Å². The van der Waals surface area contributed by atoms with E-state index in [1.165, 1.54) is 17.0 Å². The summed E-state index contributed by atoms with van der Waals surface area (Å²) in [4.78, 5) is 26.7. The molecule has 22 heavy (non-hydrogen) atoms. The number of hydrogen-bond donors (Lipinski definition) is 1. The molecule has 1 amide bonds. The van der Waals surface area contributed by atoms with Crippen molar-refractivity contribution in [2.24, 2.45) is 5.41 Å². The number of carbonyl (C=O) groups is 1. The lowest BCUT2D eigenvalue weighted by atomic mass is 9.84. The number of ether oxygens (including phenoxy) is 1. The van der Waals surface area contributed by atoms with Crippen molar-refractivity contribution >= 4 is 11.8 Å². The third-order valence-electron chi connectivity index (χ3n) is 3.68. The predicted octanol–water partition coefficient (Wildman–Crippen LogP) is 2.54. The van der Waals surface area contributed by atoms with Gasteiger partial charge in [0.15, 0.2) is 0 Å². The molecule has 8 nitrogen and oxygen atoms in total. The molecule has 120 valence electrons. The third kappa shape index (κ3) is 3.26. The molecule has 1 fully saturated rings. The first-order valence-corrected chi connectivity index (χ1v) is 6.97. The minimum absolute atomic E-state index is 0.113. The van der Waals surface area contributed by atoms with Crippen molar-refractivity contribution in [3.63, 3.8) is 0 Å². The number of aromatic nitrogens is 1. The van der Waals surface area contributed by atoms with Crippen LogP contribution in [-0.4, -0.2) is 44.7 Å². The standard InChI is InChI=1S/C14H19N3O5/c1-14(2,3)12-10(6-7-16(12)13(18)19)22-11-5-4-9(8-15-11)17(20)21/h4-5,8,10,12H,6-7H2,1-3H3,(H,18,19)/t10-,12?/m0/s1. The highest BCUT2D eigenvalue weighted by molar-refractivity contribution is 5.66. The molecule has 0 bridgehead atoms. The van der Waals surface area contributed by atoms with Gasteiger partial charge in [0.05, 0.1) is 11.0 Å². The lowest BCUT2D eigenvalue weighted by Gasteiger charge is -2.36. The quantitative estimate of drug-likeness (QED) is 0.679. The number of likely N-dealkylation sites (tertiary alicyclic amines) is 1. The largest absolute Gasteiger partial charge is 0.472 e. The van der Waals surface area contributed by atoms with E-state index < -0.39 is 11.0 Å². The molecule has 1 N–H and O–H groups in total. The Balaban J connectivity index is 2.17. The van der Waals surface area contributed by atoms with Crippen LogP contribution in [0.3, 0.4) is 0 Å². The van der Waals surface area contributed by atoms with Gasteiger partial charge in [-0.1, -0.05) is 20.8 Å². The van der Waals surface area contributed by atoms with E-state index in [0.717, 1.165) is 6.20 Å². The fourth-order valence-corrected chi connectivity index (χ4v) is 2.83. The van der Waals surface area contributed by atoms with Crippen molar-refractivity contribution in [1.29, 1.82) is 0 Å². The summed E-state index contributed by atoms with van der Waals surface area (Å²) >= 11 is 0. The van der Waals surface area contributed by atoms with Crippen molar-refractivity contribution in [3.8, 4) is 5.88 Å². The topological polar surface area (TPSA) is 106 Å². The van der Waals surface area contributed by atoms with Crippen LogP contribution in [0.4, 0.5) is 10.5 Å². The van der Waals surface area contributed by atoms with E-state index in [-0.39, 0.29) is 29.1 Å². The van der Waals surface area contributed by atoms with Crippen LogP contribution in [-0.2, 0) is 0 Å². The fraction of sp³-hybridized carbons (Fsp3) is 0.571. The first-order valence-electron chi connectivity index (χ1n) is 6.97. The van der Waals surface area contributed by atoms with Gasteiger partial charge < -0.3 is 14.7 Å². The maximum absolute atomic E-state index is 11.4. The average molecular weight is 309 g/mol. The molecular formula is C14H19N3O5. The van der Waals surface area contributed by atoms with E-state index >= 15 is 0 Å². The van der Waals surface area contributed by atoms with Gasteiger partial charge in [0, 0.05) is 25.1 Å². The number of pyridine rings is 1. The Kier molecular flexibility index (Phi) is 4.20. The lowest BCUT2D eigenvalue weighted by Crippen LogP contribution is -2.48. The molecule has 2 heterocycles. The Labute approximate surface area is 127 Å². The summed E-state index contributed by atoms with van der Waals surface area (Å²) in [5.41, 5.74) is -0.404. The Morgan fingerprint density at radius 1 is 1.50 bits per heavy atom. The molecule has 0 radical (unpaired) electrons. The van der Waals surface area contributed by atoms with Gasteiger partial charge in [-0.05, 0) is 5.41 Å². The van der Waals surface area contributed by atoms with Crippen molar-refractivity contribution in [2.75, 3.05) is 6.54 Å². The molecule has 0 aromatic carbocycles. The number of carboxylic acid groups (broad SMARTS) is 1. The van der Waals surface area contributed by atoms with Crippen molar-refractivity contribution < 1.29 is 19.6 Å². The fourth-order valence-electron chi connectivity index (χ4n) is 2.83. The van der Waals surface area contributed by atoms with Crippen LogP contribution in [0, 0.1) is 15.5 Å². The average Bonchev–Trinajstić information content (AvgIpc) is 2.83. The zero-order valence-electron chi connectivity index (χ0n) is 12.7. The van der Waals surface area contributed by atoms with Gasteiger partial charge in [-0.2, -0.15) is 0 Å². The first kappa shape index (κ1) is 16.0. The molecule has 1 aromatic heterocycles. The molecule has 0 aliphatic carbocycles. The number of rotatable bonds is 3. The van der Waals surface area contributed by atoms with Gasteiger partial charge in [-0.3, -0.25) is 10.1 Å². The van der Waals surface area contributed by atoms with E-state index in [1.54, 1.807) is 0 Å². The van der Waals surface area contributed by atoms with Crippen molar-refractivity contribution in [2.45, 2.75) is 39.3 Å². The first-order chi connectivity index (χ1) is 10.2. The minimum atomic E-state index is -0.970. The number of nitrogens with zero attached hydrogens (tertiary/aromatic N) is 3. The van der Waals surface area contributed by atoms with Gasteiger partial charge >= 0.3 is 6.09 Å². The second-order valence-electron chi connectivity index (χ2n) is 6.34. The number of amides is 1. The Bertz CT molecular complexity index is 567. The van der Waals surface area contributed by atoms with Crippen LogP contribution in [0.5, 0.6) is 5.88 Å². The van der Waals surface area contributed by atoms with Crippen LogP contribution in [0.1, 0.15) is 27.2 Å². The second-order valence-corrected chi connectivity index (χ2v) is 6.34. The van der Waals surface area contributed by atoms with Crippen molar-refractivity contribution in [1.82, 2.24) is 9.88 Å². The smallest absolute Gasteiger partial charge is 0.407 e. The lowest BCUT2D eigenvalue weighted by molar-refractivity contribution is -0.385. The van der Waals surface area contributed by atoms with E-state index in [9.17, 15) is 20.0 Å². The molecule has 2 atom stereocenters. The summed E-state index contributed by atoms with van der Waals surface area (Å²) in [6.07, 6.45) is 0.394. The van der Waals surface area contributed by atoms with Crippen LogP contribution in [0.25, 0.3) is 0 Å². The number of nitro groups is 1. The Hall–Kier alpha value is -2.38. The molecule has 2 rings (SSSR count). The summed E-state index contributed by atoms with van der Waals surface area (Å²) in [6.45, 7) is 6.27. The maximum atomic E-state index is 11.4. The molecule has 1 aliphatic rings. The highest BCUT2D eigenvalue weighted by Crippen LogP contribution is 2.35. The summed E-state index contributed by atoms with van der Waals surface area (Å²) < 4.78 is 5.79. The zero-order valence-corrected chi connectivity index (χ0v) is 12.7. The molecule has 1 aliphatic heterocycles. The monoisotopic (exact) mass is 309 g/mol. The molecule has 1 unspecified atom stereocenters. The summed E-state index contributed by atoms with van der Waals surface area (Å²) in [5.74, 6) is 0.261. The van der Waals surface area contributed by atoms with Crippen molar-refractivity contribution in [3.05, 3.63) is 28.4 Å². The predicted molar refractivity (Wildman–Crippen MR) is 77.9 cm³/mol. The van der Waals surface area contributed by atoms with Crippen LogP contribution in [0.15, 0.2) is 18.3 Å². The molecule has 1 aromatic rings. The van der Waals surface area contributed by atoms with Gasteiger partial charge in [0.1, 0.15) is 12.3 Å². The van der Waals surface area contributed by atoms with Gasteiger partial charge in [0.2, 0.25) is 5.88 Å². The number of hydrogen-bond acceptors (Lipinski definition) is 5. The van der Waals surface area contributed by atoms with E-state index in [0.29, 0.717) is 13.0 Å². The molecule has 1 saturated heterocycles. The SMILES string of the molecule is CC(C)(C)C1[C@@H](Oc2ccc([N+](=O)[O-])cn2)CCN1C(=O)O. The maximum Gasteiger partial charge on any atom is 0.407 e. The van der Waals surface area contributed by atoms with Crippen LogP contribution < -0.4 is 4.74 Å². The zero-order chi connectivity index (χ0) is 16.5. The Morgan fingerprint density at radius 2 is 2.18 bits per heavy atom. The summed E-state index contributed by atoms with van der Waals surface area (Å²) in [6, 6.07) is 2.45. The summed E-state index contributed by atoms with van der Waals surface area (Å²) in [5, 5.41) is 19.9. The minimum Gasteiger partial charge on any atom is -0.472 e. The van der Waals surface area contributed by atoms with E-state index in [1.807, 2.05) is 20.8 Å².